The molecule has 9 heteroatoms. The van der Waals surface area contributed by atoms with Crippen LogP contribution >= 0.6 is 22.3 Å². The molecule has 1 aromatic rings. The maximum absolute atomic E-state index is 11.5. The first-order valence-corrected chi connectivity index (χ1v) is 8.66. The summed E-state index contributed by atoms with van der Waals surface area (Å²) in [5.41, 5.74) is 0. The molecule has 0 atom stereocenters. The largest absolute Gasteiger partial charge is 0.482 e. The SMILES string of the molecule is COCCCNC(=O)COc1ccc(Cl)cc1S(=O)(=O)Cl. The molecule has 0 aromatic heterocycles. The molecule has 1 aromatic carbocycles. The number of carbonyl (C=O) groups excluding carboxylic acids is 1. The second-order valence-electron chi connectivity index (χ2n) is 4.01. The zero-order valence-electron chi connectivity index (χ0n) is 11.3. The number of methoxy groups -OCH3 is 1. The van der Waals surface area contributed by atoms with Gasteiger partial charge in [0.25, 0.3) is 15.0 Å². The van der Waals surface area contributed by atoms with Crippen molar-refractivity contribution in [2.45, 2.75) is 11.3 Å². The summed E-state index contributed by atoms with van der Waals surface area (Å²) in [7, 11) is 2.84. The summed E-state index contributed by atoms with van der Waals surface area (Å²) in [6, 6.07) is 3.95. The Kier molecular flexibility index (Phi) is 7.24. The van der Waals surface area contributed by atoms with Crippen molar-refractivity contribution < 1.29 is 22.7 Å². The van der Waals surface area contributed by atoms with E-state index in [1.165, 1.54) is 12.1 Å². The van der Waals surface area contributed by atoms with Crippen molar-refractivity contribution in [3.05, 3.63) is 23.2 Å². The predicted octanol–water partition coefficient (Wildman–Crippen LogP) is 1.80. The predicted molar refractivity (Wildman–Crippen MR) is 79.5 cm³/mol. The monoisotopic (exact) mass is 355 g/mol. The summed E-state index contributed by atoms with van der Waals surface area (Å²) in [4.78, 5) is 11.2. The molecule has 21 heavy (non-hydrogen) atoms. The maximum atomic E-state index is 11.5. The fourth-order valence-corrected chi connectivity index (χ4v) is 2.66. The van der Waals surface area contributed by atoms with Gasteiger partial charge in [0.2, 0.25) is 0 Å². The van der Waals surface area contributed by atoms with Gasteiger partial charge < -0.3 is 14.8 Å². The van der Waals surface area contributed by atoms with E-state index in [0.29, 0.717) is 19.6 Å². The number of hydrogen-bond donors (Lipinski definition) is 1. The first-order chi connectivity index (χ1) is 9.84. The Morgan fingerprint density at radius 1 is 1.38 bits per heavy atom. The molecular formula is C12H15Cl2NO5S. The Morgan fingerprint density at radius 2 is 2.10 bits per heavy atom. The van der Waals surface area contributed by atoms with Crippen molar-refractivity contribution in [3.63, 3.8) is 0 Å². The zero-order valence-corrected chi connectivity index (χ0v) is 13.6. The van der Waals surface area contributed by atoms with Crippen LogP contribution in [0.5, 0.6) is 5.75 Å². The average Bonchev–Trinajstić information content (AvgIpc) is 2.41. The highest BCUT2D eigenvalue weighted by molar-refractivity contribution is 8.13. The number of nitrogens with one attached hydrogen (secondary N) is 1. The summed E-state index contributed by atoms with van der Waals surface area (Å²) in [5, 5.41) is 2.80. The highest BCUT2D eigenvalue weighted by Crippen LogP contribution is 2.29. The molecule has 0 fully saturated rings. The van der Waals surface area contributed by atoms with Crippen molar-refractivity contribution in [1.82, 2.24) is 5.32 Å². The van der Waals surface area contributed by atoms with E-state index in [-0.39, 0.29) is 28.2 Å². The van der Waals surface area contributed by atoms with E-state index in [2.05, 4.69) is 5.32 Å². The molecule has 0 aliphatic heterocycles. The van der Waals surface area contributed by atoms with Crippen molar-refractivity contribution in [2.24, 2.45) is 0 Å². The topological polar surface area (TPSA) is 81.7 Å². The van der Waals surface area contributed by atoms with Gasteiger partial charge in [-0.1, -0.05) is 11.6 Å². The Balaban J connectivity index is 2.61. The van der Waals surface area contributed by atoms with Crippen LogP contribution in [0.15, 0.2) is 23.1 Å². The number of rotatable bonds is 8. The summed E-state index contributed by atoms with van der Waals surface area (Å²) in [6.07, 6.45) is 0.671. The molecule has 0 saturated carbocycles. The molecule has 0 bridgehead atoms. The summed E-state index contributed by atoms with van der Waals surface area (Å²) < 4.78 is 32.8. The number of halogens is 2. The van der Waals surface area contributed by atoms with E-state index in [9.17, 15) is 13.2 Å². The zero-order chi connectivity index (χ0) is 15.9. The molecule has 118 valence electrons. The summed E-state index contributed by atoms with van der Waals surface area (Å²) >= 11 is 5.71. The van der Waals surface area contributed by atoms with Gasteiger partial charge in [-0.3, -0.25) is 4.79 Å². The number of hydrogen-bond acceptors (Lipinski definition) is 5. The molecule has 0 aliphatic rings. The second-order valence-corrected chi connectivity index (χ2v) is 6.98. The van der Waals surface area contributed by atoms with Gasteiger partial charge in [0.15, 0.2) is 6.61 Å². The number of benzene rings is 1. The van der Waals surface area contributed by atoms with E-state index in [4.69, 9.17) is 31.8 Å². The van der Waals surface area contributed by atoms with Crippen LogP contribution in [0.2, 0.25) is 5.02 Å². The normalized spacial score (nSPS) is 11.2. The second kappa shape index (κ2) is 8.43. The Bertz CT molecular complexity index is 591. The fraction of sp³-hybridized carbons (Fsp3) is 0.417. The lowest BCUT2D eigenvalue weighted by molar-refractivity contribution is -0.123. The van der Waals surface area contributed by atoms with Gasteiger partial charge in [-0.25, -0.2) is 8.42 Å². The minimum absolute atomic E-state index is 0.0264. The van der Waals surface area contributed by atoms with Gasteiger partial charge in [-0.05, 0) is 24.6 Å². The lowest BCUT2D eigenvalue weighted by Gasteiger charge is -2.10. The molecule has 6 nitrogen and oxygen atoms in total. The molecular weight excluding hydrogens is 341 g/mol. The minimum atomic E-state index is -4.01. The summed E-state index contributed by atoms with van der Waals surface area (Å²) in [5.74, 6) is -0.402. The number of amides is 1. The Morgan fingerprint density at radius 3 is 2.71 bits per heavy atom. The van der Waals surface area contributed by atoms with E-state index in [0.717, 1.165) is 6.07 Å². The van der Waals surface area contributed by atoms with Gasteiger partial charge in [0, 0.05) is 36.0 Å². The molecule has 0 radical (unpaired) electrons. The van der Waals surface area contributed by atoms with E-state index in [1.807, 2.05) is 0 Å². The molecule has 0 heterocycles. The molecule has 0 aliphatic carbocycles. The van der Waals surface area contributed by atoms with Crippen molar-refractivity contribution in [1.29, 1.82) is 0 Å². The third kappa shape index (κ3) is 6.52. The first kappa shape index (κ1) is 18.0. The van der Waals surface area contributed by atoms with E-state index in [1.54, 1.807) is 7.11 Å². The van der Waals surface area contributed by atoms with Gasteiger partial charge in [0.05, 0.1) is 0 Å². The summed E-state index contributed by atoms with van der Waals surface area (Å²) in [6.45, 7) is 0.651. The fourth-order valence-electron chi connectivity index (χ4n) is 1.43. The Labute approximate surface area is 132 Å². The van der Waals surface area contributed by atoms with Gasteiger partial charge in [-0.2, -0.15) is 0 Å². The molecule has 1 amide bonds. The first-order valence-electron chi connectivity index (χ1n) is 5.97. The van der Waals surface area contributed by atoms with Crippen LogP contribution in [0.3, 0.4) is 0 Å². The molecule has 0 spiro atoms. The number of carbonyl (C=O) groups is 1. The number of ether oxygens (including phenoxy) is 2. The molecule has 0 saturated heterocycles. The minimum Gasteiger partial charge on any atom is -0.482 e. The van der Waals surface area contributed by atoms with Gasteiger partial charge >= 0.3 is 0 Å². The van der Waals surface area contributed by atoms with Crippen molar-refractivity contribution >= 4 is 37.2 Å². The lowest BCUT2D eigenvalue weighted by atomic mass is 10.3. The standard InChI is InChI=1S/C12H15Cl2NO5S/c1-19-6-2-5-15-12(16)8-20-10-4-3-9(13)7-11(10)21(14,17)18/h3-4,7H,2,5-6,8H2,1H3,(H,15,16). The quantitative estimate of drug-likeness (QED) is 0.567. The Hall–Kier alpha value is -1.02. The van der Waals surface area contributed by atoms with Crippen LogP contribution < -0.4 is 10.1 Å². The average molecular weight is 356 g/mol. The third-order valence-corrected chi connectivity index (χ3v) is 3.95. The van der Waals surface area contributed by atoms with Gasteiger partial charge in [-0.15, -0.1) is 0 Å². The van der Waals surface area contributed by atoms with Crippen LogP contribution in [0, 0.1) is 0 Å². The van der Waals surface area contributed by atoms with E-state index >= 15 is 0 Å². The third-order valence-electron chi connectivity index (χ3n) is 2.37. The highest BCUT2D eigenvalue weighted by Gasteiger charge is 2.18. The molecule has 0 unspecified atom stereocenters. The van der Waals surface area contributed by atoms with Gasteiger partial charge in [0.1, 0.15) is 10.6 Å². The highest BCUT2D eigenvalue weighted by atomic mass is 35.7. The molecule has 1 rings (SSSR count). The smallest absolute Gasteiger partial charge is 0.265 e. The maximum Gasteiger partial charge on any atom is 0.265 e. The van der Waals surface area contributed by atoms with E-state index < -0.39 is 9.05 Å². The van der Waals surface area contributed by atoms with Crippen LogP contribution in [0.4, 0.5) is 0 Å². The van der Waals surface area contributed by atoms with Crippen LogP contribution in [0.25, 0.3) is 0 Å². The van der Waals surface area contributed by atoms with Crippen LogP contribution in [-0.2, 0) is 18.6 Å². The van der Waals surface area contributed by atoms with Crippen molar-refractivity contribution in [2.75, 3.05) is 26.9 Å². The lowest BCUT2D eigenvalue weighted by Crippen LogP contribution is -2.30. The van der Waals surface area contributed by atoms with Crippen molar-refractivity contribution in [3.8, 4) is 5.75 Å². The van der Waals surface area contributed by atoms with Crippen LogP contribution in [0.1, 0.15) is 6.42 Å². The van der Waals surface area contributed by atoms with Crippen LogP contribution in [-0.4, -0.2) is 41.2 Å². The molecule has 1 N–H and O–H groups in total.